The third-order valence-electron chi connectivity index (χ3n) is 19.0. The number of para-hydroxylation sites is 4. The Morgan fingerprint density at radius 1 is 0.405 bits per heavy atom. The third-order valence-corrected chi connectivity index (χ3v) is 19.0. The van der Waals surface area contributed by atoms with E-state index in [0.717, 1.165) is 80.0 Å². The summed E-state index contributed by atoms with van der Waals surface area (Å²) in [5, 5.41) is 10.8. The van der Waals surface area contributed by atoms with Gasteiger partial charge in [0.25, 0.3) is 0 Å². The Balaban J connectivity index is 0.705. The average molecular weight is 1080 g/mol. The lowest BCUT2D eigenvalue weighted by molar-refractivity contribution is 0.644. The zero-order valence-electron chi connectivity index (χ0n) is 45.8. The molecule has 6 heteroatoms. The molecule has 3 aliphatic carbocycles. The number of allylic oxidation sites excluding steroid dienone is 5. The minimum absolute atomic E-state index is 0.212. The quantitative estimate of drug-likeness (QED) is 0.167. The number of fused-ring (bicyclic) bond motifs is 17. The lowest BCUT2D eigenvalue weighted by Crippen LogP contribution is -2.32. The molecule has 0 saturated carbocycles. The molecule has 15 aromatic rings. The van der Waals surface area contributed by atoms with Crippen LogP contribution in [0.5, 0.6) is 0 Å². The van der Waals surface area contributed by atoms with Gasteiger partial charge in [-0.05, 0) is 151 Å². The molecule has 10 aromatic carbocycles. The molecule has 0 saturated heterocycles. The van der Waals surface area contributed by atoms with E-state index in [1.165, 1.54) is 99.6 Å². The molecule has 0 fully saturated rings. The van der Waals surface area contributed by atoms with Crippen LogP contribution < -0.4 is 4.90 Å². The predicted octanol–water partition coefficient (Wildman–Crippen LogP) is 20.2. The molecule has 0 radical (unpaired) electrons. The molecule has 6 nitrogen and oxygen atoms in total. The van der Waals surface area contributed by atoms with E-state index in [2.05, 4.69) is 273 Å². The van der Waals surface area contributed by atoms with Gasteiger partial charge in [0.15, 0.2) is 0 Å². The molecule has 0 spiro atoms. The normalized spacial score (nSPS) is 17.5. The monoisotopic (exact) mass is 1080 g/mol. The molecule has 84 heavy (non-hydrogen) atoms. The summed E-state index contributed by atoms with van der Waals surface area (Å²) in [5.74, 6) is 0.522. The van der Waals surface area contributed by atoms with Crippen molar-refractivity contribution in [1.82, 2.24) is 13.7 Å². The van der Waals surface area contributed by atoms with Gasteiger partial charge in [0.2, 0.25) is 0 Å². The summed E-state index contributed by atoms with van der Waals surface area (Å²) < 4.78 is 20.3. The Morgan fingerprint density at radius 3 is 1.83 bits per heavy atom. The van der Waals surface area contributed by atoms with Crippen LogP contribution in [0, 0.1) is 5.92 Å². The highest BCUT2D eigenvalue weighted by Gasteiger charge is 2.41. The van der Waals surface area contributed by atoms with Crippen LogP contribution in [0.3, 0.4) is 0 Å². The summed E-state index contributed by atoms with van der Waals surface area (Å²) in [6.45, 7) is 0. The standard InChI is InChI=1S/C78H52N4O2/c1-7-24-66-55(17-1)56-18-2-8-25-67(56)79(66)52-34-39-76-64(45-52)65-46-53(35-40-77(65)84-76)82-68-26-9-3-19-57(68)59-36-31-49(43-73(59)82)54-23-14-29-72-78(54)61-22-5-11-28-70(61)81(72)50-16-13-15-47(41-50)48-32-37-71-62(42-48)58-20-4-10-27-69(58)80(71)51-33-38-75-63(44-51)60-21-6-12-30-74(60)83-75/h1-7,9-24,26-41,43-46,48,58,69H,8,25,42H2. The second-order valence-corrected chi connectivity index (χ2v) is 23.4. The maximum absolute atomic E-state index is 6.62. The van der Waals surface area contributed by atoms with Crippen molar-refractivity contribution in [1.29, 1.82) is 0 Å². The molecule has 0 amide bonds. The fraction of sp³-hybridized carbons (Fsp3) is 0.0769. The number of anilines is 1. The number of benzene rings is 10. The summed E-state index contributed by atoms with van der Waals surface area (Å²) >= 11 is 0. The van der Waals surface area contributed by atoms with E-state index in [9.17, 15) is 0 Å². The molecule has 5 aromatic heterocycles. The molecule has 0 N–H and O–H groups in total. The Hall–Kier alpha value is -10.6. The lowest BCUT2D eigenvalue weighted by Gasteiger charge is -2.30. The Kier molecular flexibility index (Phi) is 9.59. The smallest absolute Gasteiger partial charge is 0.135 e. The van der Waals surface area contributed by atoms with E-state index in [1.54, 1.807) is 0 Å². The maximum atomic E-state index is 6.62. The van der Waals surface area contributed by atoms with Gasteiger partial charge in [-0.3, -0.25) is 0 Å². The van der Waals surface area contributed by atoms with Crippen LogP contribution in [-0.4, -0.2) is 19.7 Å². The number of aromatic nitrogens is 3. The third kappa shape index (κ3) is 6.56. The maximum Gasteiger partial charge on any atom is 0.135 e. The van der Waals surface area contributed by atoms with E-state index in [0.29, 0.717) is 5.92 Å². The van der Waals surface area contributed by atoms with Crippen molar-refractivity contribution in [2.45, 2.75) is 31.2 Å². The summed E-state index contributed by atoms with van der Waals surface area (Å²) in [5.41, 5.74) is 23.4. The minimum Gasteiger partial charge on any atom is -0.456 e. The Labute approximate surface area is 483 Å². The minimum atomic E-state index is 0.212. The largest absolute Gasteiger partial charge is 0.456 e. The van der Waals surface area contributed by atoms with Crippen molar-refractivity contribution in [3.63, 3.8) is 0 Å². The van der Waals surface area contributed by atoms with E-state index in [4.69, 9.17) is 8.83 Å². The zero-order valence-corrected chi connectivity index (χ0v) is 45.8. The molecule has 19 rings (SSSR count). The van der Waals surface area contributed by atoms with Crippen LogP contribution in [0.4, 0.5) is 5.69 Å². The first kappa shape index (κ1) is 46.1. The van der Waals surface area contributed by atoms with Crippen LogP contribution in [0.15, 0.2) is 275 Å². The molecular weight excluding hydrogens is 1020 g/mol. The molecule has 4 aliphatic rings. The number of furan rings is 2. The van der Waals surface area contributed by atoms with Crippen molar-refractivity contribution in [3.05, 3.63) is 283 Å². The van der Waals surface area contributed by atoms with Crippen LogP contribution in [0.1, 0.15) is 35.6 Å². The first-order valence-corrected chi connectivity index (χ1v) is 29.5. The second kappa shape index (κ2) is 17.5. The van der Waals surface area contributed by atoms with Crippen LogP contribution in [0.25, 0.3) is 133 Å². The zero-order chi connectivity index (χ0) is 54.7. The fourth-order valence-corrected chi connectivity index (χ4v) is 15.3. The van der Waals surface area contributed by atoms with Crippen molar-refractivity contribution in [3.8, 4) is 28.2 Å². The highest BCUT2D eigenvalue weighted by molar-refractivity contribution is 6.18. The second-order valence-electron chi connectivity index (χ2n) is 23.4. The van der Waals surface area contributed by atoms with Crippen LogP contribution >= 0.6 is 0 Å². The van der Waals surface area contributed by atoms with Crippen molar-refractivity contribution in [2.75, 3.05) is 4.90 Å². The van der Waals surface area contributed by atoms with Crippen molar-refractivity contribution < 1.29 is 8.83 Å². The topological polar surface area (TPSA) is 44.3 Å². The summed E-state index contributed by atoms with van der Waals surface area (Å²) in [6.07, 6.45) is 21.7. The summed E-state index contributed by atoms with van der Waals surface area (Å²) in [6, 6.07) is 78.6. The van der Waals surface area contributed by atoms with Crippen molar-refractivity contribution >= 4 is 110 Å². The van der Waals surface area contributed by atoms with E-state index in [-0.39, 0.29) is 12.0 Å². The van der Waals surface area contributed by atoms with Gasteiger partial charge in [0.1, 0.15) is 22.3 Å². The Morgan fingerprint density at radius 2 is 1.01 bits per heavy atom. The van der Waals surface area contributed by atoms with E-state index < -0.39 is 0 Å². The fourth-order valence-electron chi connectivity index (χ4n) is 15.3. The van der Waals surface area contributed by atoms with E-state index >= 15 is 0 Å². The molecule has 3 atom stereocenters. The predicted molar refractivity (Wildman–Crippen MR) is 347 cm³/mol. The van der Waals surface area contributed by atoms with Crippen molar-refractivity contribution in [2.24, 2.45) is 5.92 Å². The first-order chi connectivity index (χ1) is 41.6. The van der Waals surface area contributed by atoms with Gasteiger partial charge in [-0.15, -0.1) is 0 Å². The number of rotatable bonds is 6. The van der Waals surface area contributed by atoms with Gasteiger partial charge in [-0.2, -0.15) is 0 Å². The van der Waals surface area contributed by atoms with Gasteiger partial charge in [-0.25, -0.2) is 0 Å². The van der Waals surface area contributed by atoms with Gasteiger partial charge in [0, 0.05) is 100 Å². The van der Waals surface area contributed by atoms with Gasteiger partial charge < -0.3 is 27.4 Å². The number of hydrogen-bond donors (Lipinski definition) is 0. The van der Waals surface area contributed by atoms with Crippen LogP contribution in [0.2, 0.25) is 0 Å². The highest BCUT2D eigenvalue weighted by atomic mass is 16.3. The molecule has 6 heterocycles. The molecular formula is C78H52N4O2. The van der Waals surface area contributed by atoms with Gasteiger partial charge >= 0.3 is 0 Å². The highest BCUT2D eigenvalue weighted by Crippen LogP contribution is 2.50. The van der Waals surface area contributed by atoms with E-state index in [1.807, 2.05) is 6.07 Å². The summed E-state index contributed by atoms with van der Waals surface area (Å²) in [4.78, 5) is 2.56. The number of hydrogen-bond acceptors (Lipinski definition) is 3. The SMILES string of the molecule is C1=CC2C3=C(C=CC(c4cccc(-n5c6ccccc6c6c(-c7ccc8c9ccccc9n(-c9ccc%10oc%11ccc(-n%12c%13c(c%14ccccc%14%12)C=CCC%13)cc%11c%10c9)c8c7)cccc65)c4)C3)N(c3ccc4oc5ccccc5c4c3)C2C=C1. The molecule has 0 bridgehead atoms. The molecule has 1 aliphatic heterocycles. The molecule has 396 valence electrons. The lowest BCUT2D eigenvalue weighted by atomic mass is 9.81. The Bertz CT molecular complexity index is 5520. The first-order valence-electron chi connectivity index (χ1n) is 29.5. The molecule has 3 unspecified atom stereocenters. The average Bonchev–Trinajstić information content (AvgIpc) is 2.40. The van der Waals surface area contributed by atoms with Gasteiger partial charge in [0.05, 0.1) is 33.6 Å². The number of nitrogens with zero attached hydrogens (tertiary/aromatic N) is 4. The van der Waals surface area contributed by atoms with Gasteiger partial charge in [-0.1, -0.05) is 152 Å². The summed E-state index contributed by atoms with van der Waals surface area (Å²) in [7, 11) is 0. The van der Waals surface area contributed by atoms with Crippen LogP contribution in [-0.2, 0) is 6.42 Å².